The van der Waals surface area contributed by atoms with Gasteiger partial charge in [-0.2, -0.15) is 0 Å². The minimum atomic E-state index is -0.936. The van der Waals surface area contributed by atoms with Gasteiger partial charge in [-0.15, -0.1) is 0 Å². The third-order valence-electron chi connectivity index (χ3n) is 3.08. The van der Waals surface area contributed by atoms with E-state index in [9.17, 15) is 14.4 Å². The number of carbonyl (C=O) groups excluding carboxylic acids is 2. The molecule has 120 valence electrons. The van der Waals surface area contributed by atoms with Crippen LogP contribution in [0.3, 0.4) is 0 Å². The van der Waals surface area contributed by atoms with E-state index in [1.807, 2.05) is 0 Å². The van der Waals surface area contributed by atoms with Gasteiger partial charge >= 0.3 is 5.97 Å². The van der Waals surface area contributed by atoms with Crippen LogP contribution in [0.25, 0.3) is 0 Å². The standard InChI is InChI=1S/C16H21NO5/c1-11(16(20)21)10-17-15(19)7-4-8-22-14-6-3-5-13(9-14)12(2)18/h3,5-6,9,11H,4,7-8,10H2,1-2H3,(H,17,19)(H,20,21). The maximum Gasteiger partial charge on any atom is 0.308 e. The second-order valence-electron chi connectivity index (χ2n) is 5.08. The topological polar surface area (TPSA) is 92.7 Å². The van der Waals surface area contributed by atoms with Crippen LogP contribution in [0.2, 0.25) is 0 Å². The Balaban J connectivity index is 2.25. The Labute approximate surface area is 129 Å². The number of hydrogen-bond donors (Lipinski definition) is 2. The van der Waals surface area contributed by atoms with Crippen LogP contribution < -0.4 is 10.1 Å². The van der Waals surface area contributed by atoms with E-state index in [0.29, 0.717) is 24.3 Å². The van der Waals surface area contributed by atoms with Gasteiger partial charge in [-0.05, 0) is 25.5 Å². The minimum absolute atomic E-state index is 0.0302. The molecule has 0 spiro atoms. The minimum Gasteiger partial charge on any atom is -0.494 e. The fourth-order valence-corrected chi connectivity index (χ4v) is 1.67. The summed E-state index contributed by atoms with van der Waals surface area (Å²) in [4.78, 5) is 33.4. The first-order chi connectivity index (χ1) is 10.4. The van der Waals surface area contributed by atoms with Crippen LogP contribution in [0, 0.1) is 5.92 Å². The lowest BCUT2D eigenvalue weighted by Crippen LogP contribution is -2.31. The van der Waals surface area contributed by atoms with E-state index in [1.165, 1.54) is 13.8 Å². The molecule has 1 unspecified atom stereocenters. The predicted molar refractivity (Wildman–Crippen MR) is 81.0 cm³/mol. The van der Waals surface area contributed by atoms with E-state index in [-0.39, 0.29) is 24.7 Å². The fourth-order valence-electron chi connectivity index (χ4n) is 1.67. The normalized spacial score (nSPS) is 11.5. The van der Waals surface area contributed by atoms with Crippen molar-refractivity contribution in [1.29, 1.82) is 0 Å². The van der Waals surface area contributed by atoms with Crippen LogP contribution in [-0.4, -0.2) is 35.9 Å². The predicted octanol–water partition coefficient (Wildman–Crippen LogP) is 1.89. The molecule has 1 rings (SSSR count). The van der Waals surface area contributed by atoms with Crippen molar-refractivity contribution in [3.8, 4) is 5.75 Å². The summed E-state index contributed by atoms with van der Waals surface area (Å²) in [5.74, 6) is -1.18. The summed E-state index contributed by atoms with van der Waals surface area (Å²) in [6.07, 6.45) is 0.774. The highest BCUT2D eigenvalue weighted by molar-refractivity contribution is 5.94. The first-order valence-corrected chi connectivity index (χ1v) is 7.13. The molecule has 1 aromatic rings. The van der Waals surface area contributed by atoms with Gasteiger partial charge in [0, 0.05) is 18.5 Å². The average molecular weight is 307 g/mol. The van der Waals surface area contributed by atoms with Crippen molar-refractivity contribution in [2.75, 3.05) is 13.2 Å². The highest BCUT2D eigenvalue weighted by Crippen LogP contribution is 2.14. The average Bonchev–Trinajstić information content (AvgIpc) is 2.49. The van der Waals surface area contributed by atoms with Crippen molar-refractivity contribution < 1.29 is 24.2 Å². The molecule has 0 aliphatic carbocycles. The van der Waals surface area contributed by atoms with Crippen LogP contribution in [0.1, 0.15) is 37.0 Å². The highest BCUT2D eigenvalue weighted by Gasteiger charge is 2.11. The zero-order valence-corrected chi connectivity index (χ0v) is 12.8. The maximum absolute atomic E-state index is 11.5. The van der Waals surface area contributed by atoms with Crippen molar-refractivity contribution in [2.24, 2.45) is 5.92 Å². The van der Waals surface area contributed by atoms with Crippen LogP contribution >= 0.6 is 0 Å². The lowest BCUT2D eigenvalue weighted by atomic mass is 10.1. The molecule has 1 aromatic carbocycles. The molecule has 0 aliphatic rings. The van der Waals surface area contributed by atoms with Crippen LogP contribution in [-0.2, 0) is 9.59 Å². The van der Waals surface area contributed by atoms with E-state index in [2.05, 4.69) is 5.32 Å². The number of amides is 1. The molecule has 0 heterocycles. The van der Waals surface area contributed by atoms with Gasteiger partial charge in [0.05, 0.1) is 12.5 Å². The number of benzene rings is 1. The fraction of sp³-hybridized carbons (Fsp3) is 0.438. The summed E-state index contributed by atoms with van der Waals surface area (Å²) in [5.41, 5.74) is 0.581. The Morgan fingerprint density at radius 1 is 1.32 bits per heavy atom. The molecule has 1 amide bonds. The van der Waals surface area contributed by atoms with Crippen molar-refractivity contribution in [1.82, 2.24) is 5.32 Å². The zero-order chi connectivity index (χ0) is 16.5. The van der Waals surface area contributed by atoms with Gasteiger partial charge < -0.3 is 15.2 Å². The van der Waals surface area contributed by atoms with E-state index >= 15 is 0 Å². The Hall–Kier alpha value is -2.37. The van der Waals surface area contributed by atoms with Crippen molar-refractivity contribution >= 4 is 17.7 Å². The molecule has 0 aromatic heterocycles. The number of hydrogen-bond acceptors (Lipinski definition) is 4. The highest BCUT2D eigenvalue weighted by atomic mass is 16.5. The molecular formula is C16H21NO5. The van der Waals surface area contributed by atoms with Gasteiger partial charge in [0.2, 0.25) is 5.91 Å². The molecule has 22 heavy (non-hydrogen) atoms. The molecule has 0 bridgehead atoms. The number of ketones is 1. The first kappa shape index (κ1) is 17.7. The number of Topliss-reactive ketones (excluding diaryl/α,β-unsaturated/α-hetero) is 1. The molecule has 6 heteroatoms. The molecule has 0 fully saturated rings. The van der Waals surface area contributed by atoms with Gasteiger partial charge in [0.1, 0.15) is 5.75 Å². The second kappa shape index (κ2) is 8.81. The maximum atomic E-state index is 11.5. The number of carboxylic acids is 1. The third kappa shape index (κ3) is 6.39. The lowest BCUT2D eigenvalue weighted by molar-refractivity contribution is -0.141. The van der Waals surface area contributed by atoms with Crippen molar-refractivity contribution in [2.45, 2.75) is 26.7 Å². The van der Waals surface area contributed by atoms with Gasteiger partial charge in [0.15, 0.2) is 5.78 Å². The van der Waals surface area contributed by atoms with E-state index in [0.717, 1.165) is 0 Å². The molecular weight excluding hydrogens is 286 g/mol. The van der Waals surface area contributed by atoms with E-state index in [4.69, 9.17) is 9.84 Å². The number of ether oxygens (including phenoxy) is 1. The number of carboxylic acid groups (broad SMARTS) is 1. The summed E-state index contributed by atoms with van der Waals surface area (Å²) >= 11 is 0. The van der Waals surface area contributed by atoms with Crippen molar-refractivity contribution in [3.05, 3.63) is 29.8 Å². The van der Waals surface area contributed by atoms with Crippen LogP contribution in [0.5, 0.6) is 5.75 Å². The molecule has 0 radical (unpaired) electrons. The number of rotatable bonds is 9. The Kier molecular flexibility index (Phi) is 7.08. The summed E-state index contributed by atoms with van der Waals surface area (Å²) in [6, 6.07) is 6.87. The van der Waals surface area contributed by atoms with Gasteiger partial charge in [0.25, 0.3) is 0 Å². The van der Waals surface area contributed by atoms with Gasteiger partial charge in [-0.3, -0.25) is 14.4 Å². The van der Waals surface area contributed by atoms with Gasteiger partial charge in [-0.25, -0.2) is 0 Å². The summed E-state index contributed by atoms with van der Waals surface area (Å²) in [5, 5.41) is 11.3. The summed E-state index contributed by atoms with van der Waals surface area (Å²) < 4.78 is 5.48. The molecule has 6 nitrogen and oxygen atoms in total. The smallest absolute Gasteiger partial charge is 0.308 e. The zero-order valence-electron chi connectivity index (χ0n) is 12.8. The molecule has 0 saturated heterocycles. The number of nitrogens with one attached hydrogen (secondary N) is 1. The van der Waals surface area contributed by atoms with E-state index in [1.54, 1.807) is 24.3 Å². The Bertz CT molecular complexity index is 541. The first-order valence-electron chi connectivity index (χ1n) is 7.13. The molecule has 0 aliphatic heterocycles. The van der Waals surface area contributed by atoms with Crippen molar-refractivity contribution in [3.63, 3.8) is 0 Å². The largest absolute Gasteiger partial charge is 0.494 e. The lowest BCUT2D eigenvalue weighted by Gasteiger charge is -2.09. The molecule has 1 atom stereocenters. The monoisotopic (exact) mass is 307 g/mol. The summed E-state index contributed by atoms with van der Waals surface area (Å²) in [7, 11) is 0. The molecule has 2 N–H and O–H groups in total. The quantitative estimate of drug-likeness (QED) is 0.537. The van der Waals surface area contributed by atoms with Crippen LogP contribution in [0.15, 0.2) is 24.3 Å². The third-order valence-corrected chi connectivity index (χ3v) is 3.08. The van der Waals surface area contributed by atoms with E-state index < -0.39 is 11.9 Å². The Morgan fingerprint density at radius 3 is 2.68 bits per heavy atom. The number of carbonyl (C=O) groups is 3. The SMILES string of the molecule is CC(=O)c1cccc(OCCCC(=O)NCC(C)C(=O)O)c1. The second-order valence-corrected chi connectivity index (χ2v) is 5.08. The molecule has 0 saturated carbocycles. The Morgan fingerprint density at radius 2 is 2.05 bits per heavy atom. The van der Waals surface area contributed by atoms with Gasteiger partial charge in [-0.1, -0.05) is 19.1 Å². The van der Waals surface area contributed by atoms with Crippen LogP contribution in [0.4, 0.5) is 0 Å². The summed E-state index contributed by atoms with van der Waals surface area (Å²) in [6.45, 7) is 3.49. The number of aliphatic carboxylic acids is 1.